The van der Waals surface area contributed by atoms with Gasteiger partial charge >= 0.3 is 5.97 Å². The molecule has 1 N–H and O–H groups in total. The molecule has 0 amide bonds. The standard InChI is InChI=1S/C16H12ClNO3/c17-14-7-11(9-18)5-6-15(14)21-10-13-4-2-1-3-12(13)8-16(19)20/h1-7H,8,10H2,(H,19,20). The lowest BCUT2D eigenvalue weighted by molar-refractivity contribution is -0.136. The first kappa shape index (κ1) is 14.9. The fraction of sp³-hybridized carbons (Fsp3) is 0.125. The van der Waals surface area contributed by atoms with E-state index in [1.807, 2.05) is 18.2 Å². The van der Waals surface area contributed by atoms with Gasteiger partial charge in [0.25, 0.3) is 0 Å². The Morgan fingerprint density at radius 2 is 1.95 bits per heavy atom. The summed E-state index contributed by atoms with van der Waals surface area (Å²) in [5.74, 6) is -0.431. The molecule has 0 spiro atoms. The Morgan fingerprint density at radius 1 is 1.24 bits per heavy atom. The second-order valence-electron chi connectivity index (χ2n) is 4.38. The number of aliphatic carboxylic acids is 1. The molecule has 0 atom stereocenters. The van der Waals surface area contributed by atoms with Crippen LogP contribution in [0.3, 0.4) is 0 Å². The van der Waals surface area contributed by atoms with Crippen molar-refractivity contribution in [3.63, 3.8) is 0 Å². The summed E-state index contributed by atoms with van der Waals surface area (Å²) < 4.78 is 5.61. The Kier molecular flexibility index (Phi) is 4.81. The Hall–Kier alpha value is -2.51. The zero-order valence-corrected chi connectivity index (χ0v) is 11.8. The van der Waals surface area contributed by atoms with Gasteiger partial charge in [-0.1, -0.05) is 35.9 Å². The molecule has 0 aliphatic rings. The molecule has 106 valence electrons. The summed E-state index contributed by atoms with van der Waals surface area (Å²) in [5, 5.41) is 18.0. The summed E-state index contributed by atoms with van der Waals surface area (Å²) in [4.78, 5) is 10.8. The Bertz CT molecular complexity index is 707. The van der Waals surface area contributed by atoms with Gasteiger partial charge in [0.2, 0.25) is 0 Å². The number of ether oxygens (including phenoxy) is 1. The van der Waals surface area contributed by atoms with Gasteiger partial charge in [-0.2, -0.15) is 5.26 Å². The summed E-state index contributed by atoms with van der Waals surface area (Å²) in [6.07, 6.45) is -0.0549. The lowest BCUT2D eigenvalue weighted by Crippen LogP contribution is -2.06. The lowest BCUT2D eigenvalue weighted by Gasteiger charge is -2.11. The van der Waals surface area contributed by atoms with Crippen LogP contribution in [0.5, 0.6) is 5.75 Å². The van der Waals surface area contributed by atoms with Gasteiger partial charge in [0, 0.05) is 0 Å². The molecule has 2 rings (SSSR count). The number of hydrogen-bond acceptors (Lipinski definition) is 3. The average molecular weight is 302 g/mol. The van der Waals surface area contributed by atoms with Crippen LogP contribution in [0.2, 0.25) is 5.02 Å². The molecule has 0 saturated carbocycles. The quantitative estimate of drug-likeness (QED) is 0.918. The van der Waals surface area contributed by atoms with E-state index in [0.29, 0.717) is 21.9 Å². The predicted molar refractivity (Wildman–Crippen MR) is 78.3 cm³/mol. The number of nitrogens with zero attached hydrogens (tertiary/aromatic N) is 1. The van der Waals surface area contributed by atoms with Gasteiger partial charge in [-0.25, -0.2) is 0 Å². The summed E-state index contributed by atoms with van der Waals surface area (Å²) in [5.41, 5.74) is 1.95. The van der Waals surface area contributed by atoms with Crippen molar-refractivity contribution in [1.29, 1.82) is 5.26 Å². The minimum atomic E-state index is -0.890. The molecule has 0 bridgehead atoms. The third-order valence-corrected chi connectivity index (χ3v) is 3.20. The number of carbonyl (C=O) groups is 1. The van der Waals surface area contributed by atoms with Crippen LogP contribution in [-0.2, 0) is 17.8 Å². The van der Waals surface area contributed by atoms with Crippen LogP contribution in [0, 0.1) is 11.3 Å². The van der Waals surface area contributed by atoms with Gasteiger partial charge in [-0.3, -0.25) is 4.79 Å². The van der Waals surface area contributed by atoms with E-state index in [-0.39, 0.29) is 13.0 Å². The van der Waals surface area contributed by atoms with Crippen LogP contribution in [0.25, 0.3) is 0 Å². The van der Waals surface area contributed by atoms with Crippen molar-refractivity contribution in [3.8, 4) is 11.8 Å². The molecule has 21 heavy (non-hydrogen) atoms. The molecule has 0 radical (unpaired) electrons. The van der Waals surface area contributed by atoms with E-state index in [9.17, 15) is 4.79 Å². The highest BCUT2D eigenvalue weighted by molar-refractivity contribution is 6.32. The zero-order chi connectivity index (χ0) is 15.2. The third kappa shape index (κ3) is 3.98. The number of carboxylic acids is 1. The number of carboxylic acid groups (broad SMARTS) is 1. The molecule has 2 aromatic rings. The molecule has 0 heterocycles. The maximum absolute atomic E-state index is 10.8. The second-order valence-corrected chi connectivity index (χ2v) is 4.79. The molecule has 0 saturated heterocycles. The highest BCUT2D eigenvalue weighted by Crippen LogP contribution is 2.26. The molecular formula is C16H12ClNO3. The fourth-order valence-electron chi connectivity index (χ4n) is 1.88. The van der Waals surface area contributed by atoms with E-state index in [1.54, 1.807) is 24.3 Å². The van der Waals surface area contributed by atoms with Gasteiger partial charge in [0.1, 0.15) is 12.4 Å². The molecule has 4 nitrogen and oxygen atoms in total. The van der Waals surface area contributed by atoms with E-state index in [1.165, 1.54) is 6.07 Å². The number of hydrogen-bond donors (Lipinski definition) is 1. The van der Waals surface area contributed by atoms with Crippen LogP contribution in [0.4, 0.5) is 0 Å². The van der Waals surface area contributed by atoms with Gasteiger partial charge in [0.15, 0.2) is 0 Å². The average Bonchev–Trinajstić information content (AvgIpc) is 2.46. The van der Waals surface area contributed by atoms with Crippen molar-refractivity contribution in [3.05, 3.63) is 64.2 Å². The molecular weight excluding hydrogens is 290 g/mol. The molecule has 0 unspecified atom stereocenters. The Morgan fingerprint density at radius 3 is 2.57 bits per heavy atom. The van der Waals surface area contributed by atoms with Crippen LogP contribution < -0.4 is 4.74 Å². The number of halogens is 1. The number of benzene rings is 2. The van der Waals surface area contributed by atoms with Gasteiger partial charge < -0.3 is 9.84 Å². The van der Waals surface area contributed by atoms with Crippen molar-refractivity contribution in [2.75, 3.05) is 0 Å². The first-order valence-corrected chi connectivity index (χ1v) is 6.59. The Labute approximate surface area is 127 Å². The molecule has 0 aromatic heterocycles. The van der Waals surface area contributed by atoms with Crippen molar-refractivity contribution in [2.24, 2.45) is 0 Å². The van der Waals surface area contributed by atoms with Crippen molar-refractivity contribution in [1.82, 2.24) is 0 Å². The molecule has 0 aliphatic heterocycles. The van der Waals surface area contributed by atoms with Crippen LogP contribution in [-0.4, -0.2) is 11.1 Å². The van der Waals surface area contributed by atoms with E-state index in [2.05, 4.69) is 0 Å². The molecule has 0 fully saturated rings. The number of rotatable bonds is 5. The maximum Gasteiger partial charge on any atom is 0.307 e. The van der Waals surface area contributed by atoms with Gasteiger partial charge in [-0.15, -0.1) is 0 Å². The van der Waals surface area contributed by atoms with Gasteiger partial charge in [0.05, 0.1) is 23.1 Å². The van der Waals surface area contributed by atoms with E-state index in [4.69, 9.17) is 26.7 Å². The maximum atomic E-state index is 10.8. The SMILES string of the molecule is N#Cc1ccc(OCc2ccccc2CC(=O)O)c(Cl)c1. The highest BCUT2D eigenvalue weighted by Gasteiger charge is 2.08. The lowest BCUT2D eigenvalue weighted by atomic mass is 10.1. The first-order valence-electron chi connectivity index (χ1n) is 6.21. The predicted octanol–water partition coefficient (Wildman–Crippen LogP) is 3.42. The minimum absolute atomic E-state index is 0.0549. The molecule has 2 aromatic carbocycles. The second kappa shape index (κ2) is 6.78. The summed E-state index contributed by atoms with van der Waals surface area (Å²) in [7, 11) is 0. The first-order chi connectivity index (χ1) is 10.1. The fourth-order valence-corrected chi connectivity index (χ4v) is 2.11. The third-order valence-electron chi connectivity index (χ3n) is 2.90. The van der Waals surface area contributed by atoms with Crippen molar-refractivity contribution in [2.45, 2.75) is 13.0 Å². The summed E-state index contributed by atoms with van der Waals surface area (Å²) >= 11 is 6.03. The smallest absolute Gasteiger partial charge is 0.307 e. The van der Waals surface area contributed by atoms with Crippen LogP contribution in [0.15, 0.2) is 42.5 Å². The van der Waals surface area contributed by atoms with E-state index >= 15 is 0 Å². The molecule has 5 heteroatoms. The highest BCUT2D eigenvalue weighted by atomic mass is 35.5. The topological polar surface area (TPSA) is 70.3 Å². The monoisotopic (exact) mass is 301 g/mol. The van der Waals surface area contributed by atoms with Gasteiger partial charge in [-0.05, 0) is 29.3 Å². The minimum Gasteiger partial charge on any atom is -0.487 e. The van der Waals surface area contributed by atoms with Crippen LogP contribution >= 0.6 is 11.6 Å². The summed E-state index contributed by atoms with van der Waals surface area (Å²) in [6.45, 7) is 0.217. The van der Waals surface area contributed by atoms with E-state index < -0.39 is 5.97 Å². The largest absolute Gasteiger partial charge is 0.487 e. The zero-order valence-electron chi connectivity index (χ0n) is 11.0. The molecule has 0 aliphatic carbocycles. The normalized spacial score (nSPS) is 9.90. The number of nitriles is 1. The van der Waals surface area contributed by atoms with Crippen molar-refractivity contribution < 1.29 is 14.6 Å². The Balaban J connectivity index is 2.13. The van der Waals surface area contributed by atoms with Crippen molar-refractivity contribution >= 4 is 17.6 Å². The summed E-state index contributed by atoms with van der Waals surface area (Å²) in [6, 6.07) is 13.9. The van der Waals surface area contributed by atoms with E-state index in [0.717, 1.165) is 5.56 Å². The van der Waals surface area contributed by atoms with Crippen LogP contribution in [0.1, 0.15) is 16.7 Å².